The van der Waals surface area contributed by atoms with Gasteiger partial charge in [-0.25, -0.2) is 0 Å². The largest absolute Gasteiger partial charge is 0.313 e. The Bertz CT molecular complexity index is 110. The van der Waals surface area contributed by atoms with Crippen LogP contribution in [0.15, 0.2) is 12.7 Å². The van der Waals surface area contributed by atoms with Crippen LogP contribution in [0, 0.1) is 0 Å². The zero-order valence-corrected chi connectivity index (χ0v) is 8.56. The maximum atomic E-state index is 3.68. The minimum Gasteiger partial charge on any atom is -0.313 e. The summed E-state index contributed by atoms with van der Waals surface area (Å²) in [5.74, 6) is 0. The molecule has 1 unspecified atom stereocenters. The van der Waals surface area contributed by atoms with E-state index >= 15 is 0 Å². The summed E-state index contributed by atoms with van der Waals surface area (Å²) in [5.41, 5.74) is 0. The first kappa shape index (κ1) is 11.7. The van der Waals surface area contributed by atoms with Crippen LogP contribution in [0.1, 0.15) is 27.2 Å². The van der Waals surface area contributed by atoms with Gasteiger partial charge in [-0.05, 0) is 19.9 Å². The molecular weight excluding hydrogens is 148 g/mol. The van der Waals surface area contributed by atoms with Gasteiger partial charge >= 0.3 is 0 Å². The fourth-order valence-corrected chi connectivity index (χ4v) is 0.916. The SMILES string of the molecule is C=CCCNC(C)CNC(C)C. The minimum atomic E-state index is 0.548. The molecule has 0 aliphatic heterocycles. The van der Waals surface area contributed by atoms with E-state index in [1.165, 1.54) is 0 Å². The topological polar surface area (TPSA) is 24.1 Å². The maximum absolute atomic E-state index is 3.68. The molecule has 0 aliphatic carbocycles. The van der Waals surface area contributed by atoms with Crippen LogP contribution in [0.25, 0.3) is 0 Å². The Morgan fingerprint density at radius 3 is 2.42 bits per heavy atom. The summed E-state index contributed by atoms with van der Waals surface area (Å²) < 4.78 is 0. The molecule has 0 aromatic heterocycles. The molecule has 0 rings (SSSR count). The summed E-state index contributed by atoms with van der Waals surface area (Å²) in [4.78, 5) is 0. The van der Waals surface area contributed by atoms with Crippen molar-refractivity contribution >= 4 is 0 Å². The van der Waals surface area contributed by atoms with Crippen molar-refractivity contribution in [3.05, 3.63) is 12.7 Å². The normalized spacial score (nSPS) is 13.3. The molecule has 1 atom stereocenters. The standard InChI is InChI=1S/C10H22N2/c1-5-6-7-11-10(4)8-12-9(2)3/h5,9-12H,1,6-8H2,2-4H3. The summed E-state index contributed by atoms with van der Waals surface area (Å²) in [5, 5.41) is 6.79. The highest BCUT2D eigenvalue weighted by atomic mass is 15.0. The highest BCUT2D eigenvalue weighted by molar-refractivity contribution is 4.71. The van der Waals surface area contributed by atoms with E-state index in [0.29, 0.717) is 12.1 Å². The number of hydrogen-bond donors (Lipinski definition) is 2. The molecule has 0 heterocycles. The molecule has 0 fully saturated rings. The third-order valence-electron chi connectivity index (χ3n) is 1.67. The van der Waals surface area contributed by atoms with Crippen LogP contribution in [0.4, 0.5) is 0 Å². The van der Waals surface area contributed by atoms with Crippen LogP contribution < -0.4 is 10.6 Å². The van der Waals surface area contributed by atoms with Crippen LogP contribution in [0.5, 0.6) is 0 Å². The van der Waals surface area contributed by atoms with Gasteiger partial charge in [0.05, 0.1) is 0 Å². The minimum absolute atomic E-state index is 0.548. The number of rotatable bonds is 7. The van der Waals surface area contributed by atoms with Gasteiger partial charge < -0.3 is 10.6 Å². The van der Waals surface area contributed by atoms with Crippen molar-refractivity contribution in [1.29, 1.82) is 0 Å². The second kappa shape index (κ2) is 7.32. The van der Waals surface area contributed by atoms with Gasteiger partial charge in [-0.15, -0.1) is 6.58 Å². The second-order valence-corrected chi connectivity index (χ2v) is 3.50. The van der Waals surface area contributed by atoms with Gasteiger partial charge in [0, 0.05) is 18.6 Å². The maximum Gasteiger partial charge on any atom is 0.0164 e. The smallest absolute Gasteiger partial charge is 0.0164 e. The third-order valence-corrected chi connectivity index (χ3v) is 1.67. The van der Waals surface area contributed by atoms with Gasteiger partial charge in [-0.1, -0.05) is 19.9 Å². The van der Waals surface area contributed by atoms with Gasteiger partial charge in [0.2, 0.25) is 0 Å². The molecule has 0 aromatic carbocycles. The molecular formula is C10H22N2. The van der Waals surface area contributed by atoms with Crippen LogP contribution >= 0.6 is 0 Å². The van der Waals surface area contributed by atoms with Crippen molar-refractivity contribution in [3.8, 4) is 0 Å². The Labute approximate surface area is 76.4 Å². The van der Waals surface area contributed by atoms with Crippen molar-refractivity contribution in [2.75, 3.05) is 13.1 Å². The molecule has 0 amide bonds. The highest BCUT2D eigenvalue weighted by Gasteiger charge is 1.99. The Morgan fingerprint density at radius 1 is 1.25 bits per heavy atom. The van der Waals surface area contributed by atoms with E-state index in [1.807, 2.05) is 6.08 Å². The van der Waals surface area contributed by atoms with Gasteiger partial charge in [-0.3, -0.25) is 0 Å². The second-order valence-electron chi connectivity index (χ2n) is 3.50. The molecule has 0 saturated heterocycles. The lowest BCUT2D eigenvalue weighted by Crippen LogP contribution is -2.39. The van der Waals surface area contributed by atoms with E-state index in [4.69, 9.17) is 0 Å². The van der Waals surface area contributed by atoms with E-state index in [2.05, 4.69) is 38.0 Å². The predicted molar refractivity (Wildman–Crippen MR) is 55.4 cm³/mol. The van der Waals surface area contributed by atoms with Crippen molar-refractivity contribution < 1.29 is 0 Å². The first-order chi connectivity index (χ1) is 5.66. The Balaban J connectivity index is 3.21. The average molecular weight is 170 g/mol. The van der Waals surface area contributed by atoms with Gasteiger partial charge in [0.15, 0.2) is 0 Å². The van der Waals surface area contributed by atoms with Crippen molar-refractivity contribution in [1.82, 2.24) is 10.6 Å². The molecule has 2 N–H and O–H groups in total. The number of hydrogen-bond acceptors (Lipinski definition) is 2. The van der Waals surface area contributed by atoms with E-state index < -0.39 is 0 Å². The highest BCUT2D eigenvalue weighted by Crippen LogP contribution is 1.83. The van der Waals surface area contributed by atoms with Crippen molar-refractivity contribution in [3.63, 3.8) is 0 Å². The first-order valence-corrected chi connectivity index (χ1v) is 4.74. The molecule has 0 radical (unpaired) electrons. The van der Waals surface area contributed by atoms with Gasteiger partial charge in [0.1, 0.15) is 0 Å². The Morgan fingerprint density at radius 2 is 1.92 bits per heavy atom. The summed E-state index contributed by atoms with van der Waals surface area (Å²) in [7, 11) is 0. The lowest BCUT2D eigenvalue weighted by molar-refractivity contribution is 0.478. The predicted octanol–water partition coefficient (Wildman–Crippen LogP) is 1.54. The fraction of sp³-hybridized carbons (Fsp3) is 0.800. The molecule has 0 saturated carbocycles. The molecule has 0 aliphatic rings. The fourth-order valence-electron chi connectivity index (χ4n) is 0.916. The average Bonchev–Trinajstić information content (AvgIpc) is 2.01. The molecule has 2 heteroatoms. The van der Waals surface area contributed by atoms with Crippen LogP contribution in [-0.4, -0.2) is 25.2 Å². The monoisotopic (exact) mass is 170 g/mol. The zero-order valence-electron chi connectivity index (χ0n) is 8.56. The summed E-state index contributed by atoms with van der Waals surface area (Å²) >= 11 is 0. The van der Waals surface area contributed by atoms with E-state index in [0.717, 1.165) is 19.5 Å². The summed E-state index contributed by atoms with van der Waals surface area (Å²) in [6.45, 7) is 12.3. The van der Waals surface area contributed by atoms with Crippen molar-refractivity contribution in [2.24, 2.45) is 0 Å². The van der Waals surface area contributed by atoms with Crippen LogP contribution in [0.3, 0.4) is 0 Å². The molecule has 2 nitrogen and oxygen atoms in total. The van der Waals surface area contributed by atoms with Crippen molar-refractivity contribution in [2.45, 2.75) is 39.3 Å². The van der Waals surface area contributed by atoms with Crippen LogP contribution in [-0.2, 0) is 0 Å². The summed E-state index contributed by atoms with van der Waals surface area (Å²) in [6, 6.07) is 1.13. The van der Waals surface area contributed by atoms with Crippen LogP contribution in [0.2, 0.25) is 0 Å². The van der Waals surface area contributed by atoms with Gasteiger partial charge in [0.25, 0.3) is 0 Å². The molecule has 12 heavy (non-hydrogen) atoms. The summed E-state index contributed by atoms with van der Waals surface area (Å²) in [6.07, 6.45) is 2.99. The quantitative estimate of drug-likeness (QED) is 0.447. The Hall–Kier alpha value is -0.340. The number of nitrogens with one attached hydrogen (secondary N) is 2. The zero-order chi connectivity index (χ0) is 9.40. The lowest BCUT2D eigenvalue weighted by atomic mass is 10.3. The van der Waals surface area contributed by atoms with E-state index in [1.54, 1.807) is 0 Å². The van der Waals surface area contributed by atoms with Gasteiger partial charge in [-0.2, -0.15) is 0 Å². The molecule has 0 aromatic rings. The Kier molecular flexibility index (Phi) is 7.11. The molecule has 0 bridgehead atoms. The van der Waals surface area contributed by atoms with E-state index in [9.17, 15) is 0 Å². The first-order valence-electron chi connectivity index (χ1n) is 4.74. The van der Waals surface area contributed by atoms with E-state index in [-0.39, 0.29) is 0 Å². The third kappa shape index (κ3) is 7.76. The lowest BCUT2D eigenvalue weighted by Gasteiger charge is -2.15. The molecule has 72 valence electrons. The molecule has 0 spiro atoms.